The molecule has 2 rings (SSSR count). The summed E-state index contributed by atoms with van der Waals surface area (Å²) < 4.78 is 12.1. The monoisotopic (exact) mass is 372 g/mol. The summed E-state index contributed by atoms with van der Waals surface area (Å²) in [6, 6.07) is 8.98. The summed E-state index contributed by atoms with van der Waals surface area (Å²) in [7, 11) is -0.444. The van der Waals surface area contributed by atoms with Crippen molar-refractivity contribution in [2.75, 3.05) is 0 Å². The van der Waals surface area contributed by atoms with E-state index in [1.165, 1.54) is 4.90 Å². The van der Waals surface area contributed by atoms with Gasteiger partial charge in [0.2, 0.25) is 0 Å². The minimum atomic E-state index is -1.09. The molecule has 0 spiro atoms. The molecule has 0 aliphatic carbocycles. The summed E-state index contributed by atoms with van der Waals surface area (Å²) in [6.45, 7) is 13.4. The van der Waals surface area contributed by atoms with Gasteiger partial charge in [-0.15, -0.1) is 0 Å². The van der Waals surface area contributed by atoms with Gasteiger partial charge in [-0.1, -0.05) is 24.3 Å². The van der Waals surface area contributed by atoms with Gasteiger partial charge in [0.05, 0.1) is 17.3 Å². The van der Waals surface area contributed by atoms with Gasteiger partial charge in [0.1, 0.15) is 6.04 Å². The quantitative estimate of drug-likeness (QED) is 0.821. The number of benzene rings is 1. The molecular weight excluding hydrogens is 343 g/mol. The maximum Gasteiger partial charge on any atom is 0.494 e. The third kappa shape index (κ3) is 4.45. The number of hydrogen-bond acceptors (Lipinski definition) is 4. The Labute approximate surface area is 162 Å². The second-order valence-electron chi connectivity index (χ2n) is 9.00. The van der Waals surface area contributed by atoms with Gasteiger partial charge in [-0.25, -0.2) is 4.79 Å². The van der Waals surface area contributed by atoms with Crippen LogP contribution in [0.4, 0.5) is 4.79 Å². The highest BCUT2D eigenvalue weighted by atomic mass is 16.7. The van der Waals surface area contributed by atoms with Gasteiger partial charge >= 0.3 is 13.2 Å². The van der Waals surface area contributed by atoms with Crippen molar-refractivity contribution < 1.29 is 19.2 Å². The van der Waals surface area contributed by atoms with Crippen LogP contribution in [-0.4, -0.2) is 46.0 Å². The molecule has 6 nitrogen and oxygen atoms in total. The van der Waals surface area contributed by atoms with Gasteiger partial charge in [0.25, 0.3) is 0 Å². The number of rotatable bonds is 4. The summed E-state index contributed by atoms with van der Waals surface area (Å²) in [5.74, 6) is 0. The van der Waals surface area contributed by atoms with Crippen LogP contribution in [0, 0.1) is 11.3 Å². The molecule has 1 aliphatic rings. The largest absolute Gasteiger partial charge is 0.494 e. The van der Waals surface area contributed by atoms with Gasteiger partial charge in [-0.05, 0) is 59.5 Å². The smallest absolute Gasteiger partial charge is 0.465 e. The average molecular weight is 372 g/mol. The summed E-state index contributed by atoms with van der Waals surface area (Å²) in [4.78, 5) is 12.8. The van der Waals surface area contributed by atoms with Crippen molar-refractivity contribution in [3.63, 3.8) is 0 Å². The van der Waals surface area contributed by atoms with Crippen LogP contribution in [0.1, 0.15) is 54.0 Å². The molecule has 1 aliphatic heterocycles. The lowest BCUT2D eigenvalue weighted by Crippen LogP contribution is -2.51. The first-order chi connectivity index (χ1) is 12.3. The van der Waals surface area contributed by atoms with Crippen LogP contribution < -0.4 is 5.46 Å². The zero-order valence-electron chi connectivity index (χ0n) is 17.2. The zero-order chi connectivity index (χ0) is 20.6. The summed E-state index contributed by atoms with van der Waals surface area (Å²) in [5.41, 5.74) is 0.317. The number of amides is 1. The van der Waals surface area contributed by atoms with E-state index in [0.717, 1.165) is 11.0 Å². The van der Waals surface area contributed by atoms with E-state index >= 15 is 0 Å². The Morgan fingerprint density at radius 1 is 1.19 bits per heavy atom. The van der Waals surface area contributed by atoms with Crippen LogP contribution in [0.5, 0.6) is 0 Å². The first-order valence-electron chi connectivity index (χ1n) is 9.15. The van der Waals surface area contributed by atoms with E-state index in [0.29, 0.717) is 6.42 Å². The number of hydrogen-bond donors (Lipinski definition) is 1. The number of carbonyl (C=O) groups is 1. The average Bonchev–Trinajstić information content (AvgIpc) is 2.73. The second kappa shape index (κ2) is 7.18. The topological polar surface area (TPSA) is 82.8 Å². The summed E-state index contributed by atoms with van der Waals surface area (Å²) >= 11 is 0. The van der Waals surface area contributed by atoms with Gasteiger partial charge in [-0.2, -0.15) is 5.26 Å². The van der Waals surface area contributed by atoms with Crippen LogP contribution in [0.15, 0.2) is 24.3 Å². The van der Waals surface area contributed by atoms with Crippen LogP contribution in [0.25, 0.3) is 0 Å². The predicted molar refractivity (Wildman–Crippen MR) is 105 cm³/mol. The molecule has 0 bridgehead atoms. The lowest BCUT2D eigenvalue weighted by atomic mass is 9.78. The van der Waals surface area contributed by atoms with Crippen molar-refractivity contribution in [2.45, 2.75) is 77.7 Å². The van der Waals surface area contributed by atoms with Crippen LogP contribution >= 0.6 is 0 Å². The molecule has 1 atom stereocenters. The molecule has 7 heteroatoms. The third-order valence-corrected chi connectivity index (χ3v) is 5.32. The number of nitrogens with zero attached hydrogens (tertiary/aromatic N) is 2. The third-order valence-electron chi connectivity index (χ3n) is 5.32. The first kappa shape index (κ1) is 21.3. The molecule has 0 saturated carbocycles. The van der Waals surface area contributed by atoms with E-state index in [9.17, 15) is 15.2 Å². The van der Waals surface area contributed by atoms with E-state index in [1.807, 2.05) is 52.0 Å². The Kier molecular flexibility index (Phi) is 5.65. The Morgan fingerprint density at radius 3 is 2.04 bits per heavy atom. The second-order valence-corrected chi connectivity index (χ2v) is 9.00. The summed E-state index contributed by atoms with van der Waals surface area (Å²) in [5, 5.41) is 19.0. The van der Waals surface area contributed by atoms with Crippen LogP contribution in [0.3, 0.4) is 0 Å². The molecular formula is C20H29BN2O4. The van der Waals surface area contributed by atoms with Crippen LogP contribution in [-0.2, 0) is 15.7 Å². The maximum atomic E-state index is 11.6. The van der Waals surface area contributed by atoms with Gasteiger partial charge in [0.15, 0.2) is 0 Å². The zero-order valence-corrected chi connectivity index (χ0v) is 17.2. The number of carboxylic acid groups (broad SMARTS) is 1. The molecule has 1 heterocycles. The van der Waals surface area contributed by atoms with E-state index in [4.69, 9.17) is 9.31 Å². The Bertz CT molecular complexity index is 716. The van der Waals surface area contributed by atoms with Crippen molar-refractivity contribution >= 4 is 18.7 Å². The van der Waals surface area contributed by atoms with E-state index in [2.05, 4.69) is 6.07 Å². The molecule has 1 fully saturated rings. The lowest BCUT2D eigenvalue weighted by Gasteiger charge is -2.36. The molecule has 146 valence electrons. The molecule has 1 aromatic carbocycles. The Balaban J connectivity index is 2.16. The van der Waals surface area contributed by atoms with Crippen molar-refractivity contribution in [2.24, 2.45) is 0 Å². The molecule has 27 heavy (non-hydrogen) atoms. The van der Waals surface area contributed by atoms with E-state index in [1.54, 1.807) is 20.8 Å². The molecule has 0 unspecified atom stereocenters. The van der Waals surface area contributed by atoms with Gasteiger partial charge in [-0.3, -0.25) is 4.90 Å². The van der Waals surface area contributed by atoms with Crippen molar-refractivity contribution in [3.05, 3.63) is 29.8 Å². The SMILES string of the molecule is CC(C)(C)N(C(=O)O)[C@H](C#N)Cc1ccc(B2OC(C)(C)C(C)(C)O2)cc1. The predicted octanol–water partition coefficient (Wildman–Crippen LogP) is 3.20. The van der Waals surface area contributed by atoms with Gasteiger partial charge < -0.3 is 14.4 Å². The molecule has 1 amide bonds. The minimum Gasteiger partial charge on any atom is -0.465 e. The highest BCUT2D eigenvalue weighted by molar-refractivity contribution is 6.62. The van der Waals surface area contributed by atoms with Crippen molar-refractivity contribution in [3.8, 4) is 6.07 Å². The Hall–Kier alpha value is -2.04. The van der Waals surface area contributed by atoms with Gasteiger partial charge in [0, 0.05) is 12.0 Å². The Morgan fingerprint density at radius 2 is 1.67 bits per heavy atom. The molecule has 0 radical (unpaired) electrons. The minimum absolute atomic E-state index is 0.323. The van der Waals surface area contributed by atoms with Crippen molar-refractivity contribution in [1.29, 1.82) is 5.26 Å². The van der Waals surface area contributed by atoms with E-state index < -0.39 is 36.0 Å². The fourth-order valence-electron chi connectivity index (χ4n) is 3.10. The molecule has 1 saturated heterocycles. The molecule has 1 N–H and O–H groups in total. The van der Waals surface area contributed by atoms with E-state index in [-0.39, 0.29) is 0 Å². The fourth-order valence-corrected chi connectivity index (χ4v) is 3.10. The van der Waals surface area contributed by atoms with Crippen LogP contribution in [0.2, 0.25) is 0 Å². The molecule has 0 aromatic heterocycles. The maximum absolute atomic E-state index is 11.6. The number of nitriles is 1. The highest BCUT2D eigenvalue weighted by Gasteiger charge is 2.51. The summed E-state index contributed by atoms with van der Waals surface area (Å²) in [6.07, 6.45) is -0.771. The lowest BCUT2D eigenvalue weighted by molar-refractivity contribution is 0.00578. The molecule has 1 aromatic rings. The van der Waals surface area contributed by atoms with Crippen molar-refractivity contribution in [1.82, 2.24) is 4.90 Å². The fraction of sp³-hybridized carbons (Fsp3) is 0.600. The normalized spacial score (nSPS) is 19.4. The standard InChI is InChI=1S/C20H29BN2O4/c1-18(2,3)23(17(24)25)16(13-22)12-14-8-10-15(11-9-14)21-26-19(4,5)20(6,7)27-21/h8-11,16H,12H2,1-7H3,(H,24,25)/t16-/m0/s1. The first-order valence-corrected chi connectivity index (χ1v) is 9.15. The highest BCUT2D eigenvalue weighted by Crippen LogP contribution is 2.36.